The first-order chi connectivity index (χ1) is 10.7. The lowest BCUT2D eigenvalue weighted by Crippen LogP contribution is -2.44. The highest BCUT2D eigenvalue weighted by Crippen LogP contribution is 2.30. The van der Waals surface area contributed by atoms with E-state index in [1.807, 2.05) is 36.4 Å². The summed E-state index contributed by atoms with van der Waals surface area (Å²) >= 11 is 0. The molecule has 0 bridgehead atoms. The van der Waals surface area contributed by atoms with E-state index in [1.165, 1.54) is 5.56 Å². The Hall–Kier alpha value is -2.49. The summed E-state index contributed by atoms with van der Waals surface area (Å²) in [5, 5.41) is 2.94. The predicted octanol–water partition coefficient (Wildman–Crippen LogP) is 2.75. The van der Waals surface area contributed by atoms with Crippen LogP contribution in [0.5, 0.6) is 11.5 Å². The molecule has 2 atom stereocenters. The number of hydrogen-bond donors (Lipinski definition) is 1. The molecule has 0 fully saturated rings. The molecule has 4 nitrogen and oxygen atoms in total. The Morgan fingerprint density at radius 2 is 1.82 bits per heavy atom. The molecule has 0 saturated heterocycles. The fraction of sp³-hybridized carbons (Fsp3) is 0.278. The topological polar surface area (TPSA) is 47.6 Å². The van der Waals surface area contributed by atoms with Gasteiger partial charge in [-0.05, 0) is 23.6 Å². The fourth-order valence-corrected chi connectivity index (χ4v) is 2.42. The van der Waals surface area contributed by atoms with Gasteiger partial charge in [0.1, 0.15) is 6.61 Å². The zero-order valence-corrected chi connectivity index (χ0v) is 12.5. The van der Waals surface area contributed by atoms with Crippen molar-refractivity contribution >= 4 is 5.91 Å². The molecule has 0 aromatic heterocycles. The van der Waals surface area contributed by atoms with Gasteiger partial charge in [0.25, 0.3) is 5.91 Å². The highest BCUT2D eigenvalue weighted by atomic mass is 16.6. The van der Waals surface area contributed by atoms with Crippen molar-refractivity contribution in [1.82, 2.24) is 5.32 Å². The first-order valence-electron chi connectivity index (χ1n) is 7.45. The van der Waals surface area contributed by atoms with Gasteiger partial charge in [0.2, 0.25) is 6.10 Å². The monoisotopic (exact) mass is 297 g/mol. The third-order valence-electron chi connectivity index (χ3n) is 3.75. The fourth-order valence-electron chi connectivity index (χ4n) is 2.42. The second-order valence-corrected chi connectivity index (χ2v) is 5.42. The normalized spacial score (nSPS) is 17.6. The van der Waals surface area contributed by atoms with E-state index in [4.69, 9.17) is 9.47 Å². The molecular weight excluding hydrogens is 278 g/mol. The van der Waals surface area contributed by atoms with Crippen LogP contribution in [0.25, 0.3) is 0 Å². The Labute approximate surface area is 130 Å². The van der Waals surface area contributed by atoms with Crippen molar-refractivity contribution < 1.29 is 14.3 Å². The second kappa shape index (κ2) is 6.52. The summed E-state index contributed by atoms with van der Waals surface area (Å²) in [6, 6.07) is 17.5. The van der Waals surface area contributed by atoms with E-state index < -0.39 is 6.10 Å². The minimum Gasteiger partial charge on any atom is -0.485 e. The van der Waals surface area contributed by atoms with Crippen LogP contribution in [0, 0.1) is 0 Å². The van der Waals surface area contributed by atoms with Crippen LogP contribution in [0.1, 0.15) is 18.4 Å². The molecule has 1 aliphatic heterocycles. The first-order valence-corrected chi connectivity index (χ1v) is 7.45. The maximum absolute atomic E-state index is 12.2. The molecule has 1 N–H and O–H groups in total. The van der Waals surface area contributed by atoms with Crippen LogP contribution in [0.15, 0.2) is 54.6 Å². The third kappa shape index (κ3) is 3.22. The maximum atomic E-state index is 12.2. The molecule has 3 rings (SSSR count). The highest BCUT2D eigenvalue weighted by Gasteiger charge is 2.27. The zero-order valence-electron chi connectivity index (χ0n) is 12.5. The quantitative estimate of drug-likeness (QED) is 0.944. The van der Waals surface area contributed by atoms with Gasteiger partial charge in [0.05, 0.1) is 0 Å². The van der Waals surface area contributed by atoms with Crippen LogP contribution >= 0.6 is 0 Å². The summed E-state index contributed by atoms with van der Waals surface area (Å²) in [4.78, 5) is 12.2. The predicted molar refractivity (Wildman–Crippen MR) is 84.2 cm³/mol. The molecule has 0 aliphatic carbocycles. The molecule has 0 saturated carbocycles. The minimum absolute atomic E-state index is 0.141. The summed E-state index contributed by atoms with van der Waals surface area (Å²) in [7, 11) is 0. The van der Waals surface area contributed by atoms with Gasteiger partial charge in [0.15, 0.2) is 11.5 Å². The number of rotatable bonds is 4. The highest BCUT2D eigenvalue weighted by molar-refractivity contribution is 5.81. The molecule has 2 aromatic carbocycles. The molecule has 0 spiro atoms. The summed E-state index contributed by atoms with van der Waals surface area (Å²) in [5.41, 5.74) is 1.20. The van der Waals surface area contributed by atoms with Crippen LogP contribution < -0.4 is 14.8 Å². The van der Waals surface area contributed by atoms with E-state index in [0.29, 0.717) is 18.0 Å². The maximum Gasteiger partial charge on any atom is 0.264 e. The number of nitrogens with one attached hydrogen (secondary N) is 1. The summed E-state index contributed by atoms with van der Waals surface area (Å²) < 4.78 is 11.3. The third-order valence-corrected chi connectivity index (χ3v) is 3.75. The Morgan fingerprint density at radius 1 is 1.14 bits per heavy atom. The largest absolute Gasteiger partial charge is 0.485 e. The van der Waals surface area contributed by atoms with Gasteiger partial charge in [-0.1, -0.05) is 49.4 Å². The summed E-state index contributed by atoms with van der Waals surface area (Å²) in [6.07, 6.45) is -0.599. The van der Waals surface area contributed by atoms with Gasteiger partial charge in [0, 0.05) is 6.54 Å². The van der Waals surface area contributed by atoms with Gasteiger partial charge in [-0.3, -0.25) is 4.79 Å². The van der Waals surface area contributed by atoms with Crippen molar-refractivity contribution in [2.45, 2.75) is 18.9 Å². The molecule has 1 amide bonds. The number of amides is 1. The lowest BCUT2D eigenvalue weighted by atomic mass is 10.0. The molecule has 114 valence electrons. The number of carbonyl (C=O) groups excluding carboxylic acids is 1. The van der Waals surface area contributed by atoms with Crippen LogP contribution in [-0.4, -0.2) is 25.2 Å². The zero-order chi connectivity index (χ0) is 15.4. The van der Waals surface area contributed by atoms with Gasteiger partial charge >= 0.3 is 0 Å². The number of hydrogen-bond acceptors (Lipinski definition) is 3. The molecule has 2 aromatic rings. The Morgan fingerprint density at radius 3 is 2.59 bits per heavy atom. The van der Waals surface area contributed by atoms with Crippen molar-refractivity contribution in [3.63, 3.8) is 0 Å². The van der Waals surface area contributed by atoms with Crippen LogP contribution in [-0.2, 0) is 4.79 Å². The van der Waals surface area contributed by atoms with Crippen molar-refractivity contribution in [1.29, 1.82) is 0 Å². The molecular formula is C18H19NO3. The van der Waals surface area contributed by atoms with Crippen LogP contribution in [0.3, 0.4) is 0 Å². The average Bonchev–Trinajstić information content (AvgIpc) is 2.59. The number of benzene rings is 2. The van der Waals surface area contributed by atoms with Crippen molar-refractivity contribution in [2.75, 3.05) is 13.2 Å². The Bertz CT molecular complexity index is 642. The Balaban J connectivity index is 1.55. The van der Waals surface area contributed by atoms with Crippen molar-refractivity contribution in [3.8, 4) is 11.5 Å². The van der Waals surface area contributed by atoms with Gasteiger partial charge in [-0.2, -0.15) is 0 Å². The molecule has 4 heteroatoms. The van der Waals surface area contributed by atoms with Gasteiger partial charge in [-0.15, -0.1) is 0 Å². The molecule has 0 unspecified atom stereocenters. The van der Waals surface area contributed by atoms with Crippen LogP contribution in [0.4, 0.5) is 0 Å². The minimum atomic E-state index is -0.599. The lowest BCUT2D eigenvalue weighted by molar-refractivity contribution is -0.130. The van der Waals surface area contributed by atoms with E-state index in [-0.39, 0.29) is 18.4 Å². The molecule has 1 heterocycles. The standard InChI is InChI=1S/C18H19NO3/c1-13(14-7-3-2-4-8-14)11-19-18(20)17-12-21-15-9-5-6-10-16(15)22-17/h2-10,13,17H,11-12H2,1H3,(H,19,20)/t13-,17+/m1/s1. The molecule has 0 radical (unpaired) electrons. The van der Waals surface area contributed by atoms with E-state index >= 15 is 0 Å². The number of ether oxygens (including phenoxy) is 2. The van der Waals surface area contributed by atoms with E-state index in [1.54, 1.807) is 6.07 Å². The van der Waals surface area contributed by atoms with Crippen molar-refractivity contribution in [2.24, 2.45) is 0 Å². The van der Waals surface area contributed by atoms with E-state index in [0.717, 1.165) is 0 Å². The van der Waals surface area contributed by atoms with E-state index in [9.17, 15) is 4.79 Å². The smallest absolute Gasteiger partial charge is 0.264 e. The summed E-state index contributed by atoms with van der Waals surface area (Å²) in [5.74, 6) is 1.41. The number of fused-ring (bicyclic) bond motifs is 1. The molecule has 1 aliphatic rings. The second-order valence-electron chi connectivity index (χ2n) is 5.42. The molecule has 22 heavy (non-hydrogen) atoms. The SMILES string of the molecule is C[C@H](CNC(=O)[C@@H]1COc2ccccc2O1)c1ccccc1. The number of para-hydroxylation sites is 2. The first kappa shape index (κ1) is 14.4. The van der Waals surface area contributed by atoms with Crippen LogP contribution in [0.2, 0.25) is 0 Å². The van der Waals surface area contributed by atoms with Gasteiger partial charge in [-0.25, -0.2) is 0 Å². The average molecular weight is 297 g/mol. The van der Waals surface area contributed by atoms with E-state index in [2.05, 4.69) is 24.4 Å². The Kier molecular flexibility index (Phi) is 4.28. The lowest BCUT2D eigenvalue weighted by Gasteiger charge is -2.26. The summed E-state index contributed by atoms with van der Waals surface area (Å²) in [6.45, 7) is 2.90. The number of carbonyl (C=O) groups is 1. The van der Waals surface area contributed by atoms with Crippen molar-refractivity contribution in [3.05, 3.63) is 60.2 Å². The van der Waals surface area contributed by atoms with Gasteiger partial charge < -0.3 is 14.8 Å².